The van der Waals surface area contributed by atoms with Crippen molar-refractivity contribution in [3.8, 4) is 0 Å². The van der Waals surface area contributed by atoms with Crippen LogP contribution >= 0.6 is 0 Å². The number of likely N-dealkylation sites (tertiary alicyclic amines) is 1. The molecule has 3 N–H and O–H groups in total. The smallest absolute Gasteiger partial charge is 0.243 e. The lowest BCUT2D eigenvalue weighted by Gasteiger charge is -2.24. The fraction of sp³-hybridized carbons (Fsp3) is 0.364. The first-order chi connectivity index (χ1) is 14.6. The standard InChI is InChI=1S/C22H24N4O4/c27-18(25-30)9-3-1-2-8-17(26-19(28)12-13-20(26)29)22-23-16-11-10-14-6-4-5-7-15(14)21(16)24-22/h4-7,10-11,17,30H,1-3,8-9,12-13H2,(H,23,24)(H,25,27)/t17-/m0/s1. The minimum Gasteiger partial charge on any atom is -0.340 e. The summed E-state index contributed by atoms with van der Waals surface area (Å²) in [7, 11) is 0. The van der Waals surface area contributed by atoms with Crippen LogP contribution in [-0.2, 0) is 14.4 Å². The maximum atomic E-state index is 12.4. The van der Waals surface area contributed by atoms with E-state index in [0.717, 1.165) is 34.6 Å². The molecular weight excluding hydrogens is 384 g/mol. The number of carbonyl (C=O) groups is 3. The van der Waals surface area contributed by atoms with Gasteiger partial charge in [-0.2, -0.15) is 0 Å². The van der Waals surface area contributed by atoms with Gasteiger partial charge in [0, 0.05) is 24.6 Å². The van der Waals surface area contributed by atoms with Crippen LogP contribution in [0.5, 0.6) is 0 Å². The number of amides is 3. The fourth-order valence-electron chi connectivity index (χ4n) is 4.11. The lowest BCUT2D eigenvalue weighted by molar-refractivity contribution is -0.141. The van der Waals surface area contributed by atoms with Gasteiger partial charge in [0.2, 0.25) is 17.7 Å². The van der Waals surface area contributed by atoms with E-state index in [-0.39, 0.29) is 31.1 Å². The monoisotopic (exact) mass is 408 g/mol. The summed E-state index contributed by atoms with van der Waals surface area (Å²) in [6, 6.07) is 11.5. The third kappa shape index (κ3) is 3.91. The summed E-state index contributed by atoms with van der Waals surface area (Å²) >= 11 is 0. The van der Waals surface area contributed by atoms with E-state index in [1.54, 1.807) is 5.48 Å². The summed E-state index contributed by atoms with van der Waals surface area (Å²) in [5, 5.41) is 10.7. The number of unbranched alkanes of at least 4 members (excludes halogenated alkanes) is 2. The number of nitrogens with zero attached hydrogens (tertiary/aromatic N) is 2. The van der Waals surface area contributed by atoms with Gasteiger partial charge >= 0.3 is 0 Å². The Morgan fingerprint density at radius 3 is 2.63 bits per heavy atom. The largest absolute Gasteiger partial charge is 0.340 e. The van der Waals surface area contributed by atoms with E-state index in [4.69, 9.17) is 10.2 Å². The number of hydroxylamine groups is 1. The van der Waals surface area contributed by atoms with Crippen LogP contribution in [0.2, 0.25) is 0 Å². The van der Waals surface area contributed by atoms with E-state index in [1.165, 1.54) is 4.90 Å². The topological polar surface area (TPSA) is 115 Å². The second-order valence-corrected chi connectivity index (χ2v) is 7.61. The molecule has 0 spiro atoms. The van der Waals surface area contributed by atoms with Crippen LogP contribution in [0.25, 0.3) is 21.8 Å². The van der Waals surface area contributed by atoms with Gasteiger partial charge in [0.1, 0.15) is 5.82 Å². The predicted molar refractivity (Wildman–Crippen MR) is 110 cm³/mol. The molecule has 1 aromatic heterocycles. The average molecular weight is 408 g/mol. The Morgan fingerprint density at radius 1 is 1.10 bits per heavy atom. The van der Waals surface area contributed by atoms with Crippen molar-refractivity contribution in [2.24, 2.45) is 0 Å². The SMILES string of the molecule is O=C(CCCCC[C@@H](c1nc2c(ccc3ccccc32)[nH]1)N1C(=O)CCC1=O)NO. The first-order valence-electron chi connectivity index (χ1n) is 10.2. The van der Waals surface area contributed by atoms with Crippen LogP contribution < -0.4 is 5.48 Å². The van der Waals surface area contributed by atoms with E-state index < -0.39 is 11.9 Å². The van der Waals surface area contributed by atoms with Crippen LogP contribution in [-0.4, -0.2) is 37.8 Å². The quantitative estimate of drug-likeness (QED) is 0.229. The Morgan fingerprint density at radius 2 is 1.87 bits per heavy atom. The van der Waals surface area contributed by atoms with Gasteiger partial charge in [-0.05, 0) is 24.3 Å². The molecule has 2 aromatic carbocycles. The Hall–Kier alpha value is -3.26. The van der Waals surface area contributed by atoms with Crippen molar-refractivity contribution < 1.29 is 19.6 Å². The molecule has 156 valence electrons. The molecule has 4 rings (SSSR count). The first kappa shape index (κ1) is 20.0. The van der Waals surface area contributed by atoms with Crippen LogP contribution in [0.4, 0.5) is 0 Å². The zero-order chi connectivity index (χ0) is 21.1. The summed E-state index contributed by atoms with van der Waals surface area (Å²) in [5.74, 6) is -0.149. The molecule has 2 heterocycles. The van der Waals surface area contributed by atoms with Crippen LogP contribution in [0.1, 0.15) is 56.8 Å². The van der Waals surface area contributed by atoms with E-state index in [0.29, 0.717) is 18.7 Å². The highest BCUT2D eigenvalue weighted by atomic mass is 16.5. The fourth-order valence-corrected chi connectivity index (χ4v) is 4.11. The number of hydrogen-bond donors (Lipinski definition) is 3. The number of aromatic amines is 1. The number of fused-ring (bicyclic) bond motifs is 3. The Kier molecular flexibility index (Phi) is 5.76. The lowest BCUT2D eigenvalue weighted by Crippen LogP contribution is -2.34. The maximum absolute atomic E-state index is 12.4. The molecule has 1 aliphatic heterocycles. The molecule has 1 aliphatic rings. The van der Waals surface area contributed by atoms with Crippen molar-refractivity contribution in [1.82, 2.24) is 20.3 Å². The van der Waals surface area contributed by atoms with Gasteiger partial charge in [-0.15, -0.1) is 0 Å². The molecule has 0 aliphatic carbocycles. The Bertz CT molecular complexity index is 1090. The van der Waals surface area contributed by atoms with Crippen molar-refractivity contribution in [1.29, 1.82) is 0 Å². The van der Waals surface area contributed by atoms with Crippen molar-refractivity contribution in [3.63, 3.8) is 0 Å². The highest BCUT2D eigenvalue weighted by Crippen LogP contribution is 2.32. The molecule has 0 bridgehead atoms. The number of imidazole rings is 1. The molecule has 1 fully saturated rings. The minimum absolute atomic E-state index is 0.171. The minimum atomic E-state index is -0.453. The second-order valence-electron chi connectivity index (χ2n) is 7.61. The number of H-pyrrole nitrogens is 1. The number of hydrogen-bond acceptors (Lipinski definition) is 5. The maximum Gasteiger partial charge on any atom is 0.243 e. The highest BCUT2D eigenvalue weighted by Gasteiger charge is 2.37. The van der Waals surface area contributed by atoms with Crippen molar-refractivity contribution >= 4 is 39.5 Å². The Labute approximate surface area is 173 Å². The molecule has 0 saturated carbocycles. The molecule has 30 heavy (non-hydrogen) atoms. The number of aromatic nitrogens is 2. The van der Waals surface area contributed by atoms with Gasteiger partial charge in [-0.1, -0.05) is 43.2 Å². The third-order valence-electron chi connectivity index (χ3n) is 5.62. The highest BCUT2D eigenvalue weighted by molar-refractivity contribution is 6.04. The number of nitrogens with one attached hydrogen (secondary N) is 2. The zero-order valence-corrected chi connectivity index (χ0v) is 16.6. The molecule has 3 aromatic rings. The molecule has 3 amide bonds. The number of imide groups is 1. The van der Waals surface area contributed by atoms with Gasteiger partial charge < -0.3 is 4.98 Å². The van der Waals surface area contributed by atoms with Gasteiger partial charge in [-0.25, -0.2) is 10.5 Å². The summed E-state index contributed by atoms with van der Waals surface area (Å²) in [6.07, 6.45) is 3.34. The number of benzene rings is 2. The van der Waals surface area contributed by atoms with Crippen molar-refractivity contribution in [2.45, 2.75) is 51.0 Å². The zero-order valence-electron chi connectivity index (χ0n) is 16.6. The number of carbonyl (C=O) groups excluding carboxylic acids is 3. The van der Waals surface area contributed by atoms with Gasteiger partial charge in [0.05, 0.1) is 17.1 Å². The summed E-state index contributed by atoms with van der Waals surface area (Å²) < 4.78 is 0. The van der Waals surface area contributed by atoms with Gasteiger partial charge in [-0.3, -0.25) is 24.5 Å². The molecule has 1 saturated heterocycles. The summed E-state index contributed by atoms with van der Waals surface area (Å²) in [6.45, 7) is 0. The molecule has 0 unspecified atom stereocenters. The predicted octanol–water partition coefficient (Wildman–Crippen LogP) is 3.36. The first-order valence-corrected chi connectivity index (χ1v) is 10.2. The molecule has 8 heteroatoms. The van der Waals surface area contributed by atoms with Crippen molar-refractivity contribution in [2.75, 3.05) is 0 Å². The Balaban J connectivity index is 1.60. The van der Waals surface area contributed by atoms with E-state index >= 15 is 0 Å². The molecule has 8 nitrogen and oxygen atoms in total. The lowest BCUT2D eigenvalue weighted by atomic mass is 10.0. The summed E-state index contributed by atoms with van der Waals surface area (Å²) in [5.41, 5.74) is 3.32. The van der Waals surface area contributed by atoms with Gasteiger partial charge in [0.25, 0.3) is 0 Å². The molecule has 1 atom stereocenters. The average Bonchev–Trinajstić information content (AvgIpc) is 3.34. The van der Waals surface area contributed by atoms with Crippen LogP contribution in [0.3, 0.4) is 0 Å². The van der Waals surface area contributed by atoms with Crippen LogP contribution in [0, 0.1) is 0 Å². The van der Waals surface area contributed by atoms with E-state index in [2.05, 4.69) is 4.98 Å². The van der Waals surface area contributed by atoms with Crippen molar-refractivity contribution in [3.05, 3.63) is 42.2 Å². The van der Waals surface area contributed by atoms with E-state index in [9.17, 15) is 14.4 Å². The summed E-state index contributed by atoms with van der Waals surface area (Å²) in [4.78, 5) is 45.5. The number of rotatable bonds is 8. The van der Waals surface area contributed by atoms with Gasteiger partial charge in [0.15, 0.2) is 0 Å². The second kappa shape index (κ2) is 8.62. The third-order valence-corrected chi connectivity index (χ3v) is 5.62. The molecule has 0 radical (unpaired) electrons. The normalized spacial score (nSPS) is 15.3. The molecular formula is C22H24N4O4. The van der Waals surface area contributed by atoms with Crippen LogP contribution in [0.15, 0.2) is 36.4 Å². The van der Waals surface area contributed by atoms with E-state index in [1.807, 2.05) is 36.4 Å².